The molecule has 0 radical (unpaired) electrons. The number of benzene rings is 1. The monoisotopic (exact) mass is 241 g/mol. The summed E-state index contributed by atoms with van der Waals surface area (Å²) < 4.78 is 5.22. The second kappa shape index (κ2) is 5.90. The zero-order valence-corrected chi connectivity index (χ0v) is 9.69. The number of anilines is 2. The van der Waals surface area contributed by atoms with E-state index in [1.807, 2.05) is 0 Å². The Morgan fingerprint density at radius 1 is 1.35 bits per heavy atom. The SMILES string of the molecule is CNc1cc(NC)c([N+](=O)[O-])cc1OCCO. The van der Waals surface area contributed by atoms with Crippen LogP contribution < -0.4 is 15.4 Å². The molecule has 17 heavy (non-hydrogen) atoms. The molecule has 7 nitrogen and oxygen atoms in total. The third-order valence-corrected chi connectivity index (χ3v) is 2.18. The molecule has 0 fully saturated rings. The van der Waals surface area contributed by atoms with Crippen molar-refractivity contribution in [1.82, 2.24) is 0 Å². The van der Waals surface area contributed by atoms with Crippen LogP contribution in [0.2, 0.25) is 0 Å². The van der Waals surface area contributed by atoms with E-state index in [9.17, 15) is 10.1 Å². The molecule has 7 heteroatoms. The molecular formula is C10H15N3O4. The Morgan fingerprint density at radius 3 is 2.47 bits per heavy atom. The maximum absolute atomic E-state index is 10.8. The van der Waals surface area contributed by atoms with Crippen LogP contribution >= 0.6 is 0 Å². The molecule has 0 aromatic heterocycles. The normalized spacial score (nSPS) is 9.82. The number of hydrogen-bond donors (Lipinski definition) is 3. The number of nitrogens with one attached hydrogen (secondary N) is 2. The zero-order valence-electron chi connectivity index (χ0n) is 9.69. The highest BCUT2D eigenvalue weighted by Gasteiger charge is 2.17. The Balaban J connectivity index is 3.18. The molecule has 1 aromatic carbocycles. The van der Waals surface area contributed by atoms with E-state index in [4.69, 9.17) is 9.84 Å². The van der Waals surface area contributed by atoms with Gasteiger partial charge in [0, 0.05) is 14.1 Å². The van der Waals surface area contributed by atoms with Gasteiger partial charge in [0.05, 0.1) is 23.3 Å². The van der Waals surface area contributed by atoms with Crippen molar-refractivity contribution in [3.05, 3.63) is 22.2 Å². The lowest BCUT2D eigenvalue weighted by atomic mass is 10.2. The van der Waals surface area contributed by atoms with Gasteiger partial charge in [0.15, 0.2) is 0 Å². The van der Waals surface area contributed by atoms with Crippen molar-refractivity contribution in [3.8, 4) is 5.75 Å². The maximum Gasteiger partial charge on any atom is 0.296 e. The maximum atomic E-state index is 10.8. The van der Waals surface area contributed by atoms with Crippen molar-refractivity contribution in [3.63, 3.8) is 0 Å². The molecule has 0 saturated carbocycles. The van der Waals surface area contributed by atoms with Crippen LogP contribution in [0, 0.1) is 10.1 Å². The molecule has 94 valence electrons. The first kappa shape index (κ1) is 13.0. The van der Waals surface area contributed by atoms with Gasteiger partial charge in [0.25, 0.3) is 5.69 Å². The molecule has 1 rings (SSSR count). The van der Waals surface area contributed by atoms with E-state index < -0.39 is 4.92 Å². The van der Waals surface area contributed by atoms with Crippen molar-refractivity contribution < 1.29 is 14.8 Å². The highest BCUT2D eigenvalue weighted by atomic mass is 16.6. The second-order valence-electron chi connectivity index (χ2n) is 3.19. The lowest BCUT2D eigenvalue weighted by Gasteiger charge is -2.12. The highest BCUT2D eigenvalue weighted by molar-refractivity contribution is 5.73. The first-order chi connectivity index (χ1) is 8.13. The minimum absolute atomic E-state index is 0.0700. The summed E-state index contributed by atoms with van der Waals surface area (Å²) >= 11 is 0. The number of aliphatic hydroxyl groups is 1. The van der Waals surface area contributed by atoms with E-state index in [0.717, 1.165) is 0 Å². The Hall–Kier alpha value is -2.02. The largest absolute Gasteiger partial charge is 0.489 e. The summed E-state index contributed by atoms with van der Waals surface area (Å²) in [7, 11) is 3.29. The Bertz CT molecular complexity index is 409. The average Bonchev–Trinajstić information content (AvgIpc) is 2.34. The molecule has 0 aliphatic rings. The van der Waals surface area contributed by atoms with E-state index in [1.165, 1.54) is 6.07 Å². The first-order valence-corrected chi connectivity index (χ1v) is 5.05. The molecule has 0 spiro atoms. The van der Waals surface area contributed by atoms with E-state index in [1.54, 1.807) is 20.2 Å². The van der Waals surface area contributed by atoms with E-state index >= 15 is 0 Å². The summed E-state index contributed by atoms with van der Waals surface area (Å²) in [5.41, 5.74) is 0.948. The van der Waals surface area contributed by atoms with E-state index in [-0.39, 0.29) is 18.9 Å². The van der Waals surface area contributed by atoms with Crippen molar-refractivity contribution in [1.29, 1.82) is 0 Å². The minimum atomic E-state index is -0.489. The standard InChI is InChI=1S/C10H15N3O4/c1-11-7-5-8(12-2)10(17-4-3-14)6-9(7)13(15)16/h5-6,11-12,14H,3-4H2,1-2H3. The molecule has 0 unspecified atom stereocenters. The number of nitro groups is 1. The molecular weight excluding hydrogens is 226 g/mol. The van der Waals surface area contributed by atoms with E-state index in [2.05, 4.69) is 10.6 Å². The topological polar surface area (TPSA) is 96.7 Å². The molecule has 0 aliphatic heterocycles. The lowest BCUT2D eigenvalue weighted by Crippen LogP contribution is -2.06. The van der Waals surface area contributed by atoms with Crippen LogP contribution in [0.1, 0.15) is 0 Å². The Kier molecular flexibility index (Phi) is 4.53. The van der Waals surface area contributed by atoms with Crippen molar-refractivity contribution >= 4 is 17.1 Å². The number of aliphatic hydroxyl groups excluding tert-OH is 1. The van der Waals surface area contributed by atoms with Gasteiger partial charge in [-0.3, -0.25) is 10.1 Å². The van der Waals surface area contributed by atoms with Gasteiger partial charge in [0.2, 0.25) is 0 Å². The molecule has 0 bridgehead atoms. The van der Waals surface area contributed by atoms with Crippen LogP contribution in [0.4, 0.5) is 17.1 Å². The fourth-order valence-corrected chi connectivity index (χ4v) is 1.39. The van der Waals surface area contributed by atoms with Gasteiger partial charge < -0.3 is 20.5 Å². The number of nitrogens with zero attached hydrogens (tertiary/aromatic N) is 1. The fraction of sp³-hybridized carbons (Fsp3) is 0.400. The van der Waals surface area contributed by atoms with Crippen LogP contribution in [-0.4, -0.2) is 37.3 Å². The van der Waals surface area contributed by atoms with Crippen LogP contribution in [0.3, 0.4) is 0 Å². The van der Waals surface area contributed by atoms with Gasteiger partial charge in [-0.25, -0.2) is 0 Å². The van der Waals surface area contributed by atoms with Crippen LogP contribution in [-0.2, 0) is 0 Å². The van der Waals surface area contributed by atoms with Crippen LogP contribution in [0.5, 0.6) is 5.75 Å². The van der Waals surface area contributed by atoms with E-state index in [0.29, 0.717) is 17.1 Å². The van der Waals surface area contributed by atoms with Crippen LogP contribution in [0.15, 0.2) is 12.1 Å². The van der Waals surface area contributed by atoms with Crippen molar-refractivity contribution in [2.75, 3.05) is 37.9 Å². The fourth-order valence-electron chi connectivity index (χ4n) is 1.39. The molecule has 0 heterocycles. The number of hydrogen-bond acceptors (Lipinski definition) is 6. The number of rotatable bonds is 6. The van der Waals surface area contributed by atoms with Gasteiger partial charge in [-0.05, 0) is 6.07 Å². The van der Waals surface area contributed by atoms with Crippen molar-refractivity contribution in [2.24, 2.45) is 0 Å². The molecule has 0 atom stereocenters. The Labute approximate surface area is 98.6 Å². The smallest absolute Gasteiger partial charge is 0.296 e. The quantitative estimate of drug-likeness (QED) is 0.509. The molecule has 0 amide bonds. The molecule has 0 saturated heterocycles. The number of ether oxygens (including phenoxy) is 1. The molecule has 1 aromatic rings. The predicted octanol–water partition coefficient (Wildman–Crippen LogP) is 1.05. The van der Waals surface area contributed by atoms with Gasteiger partial charge in [-0.15, -0.1) is 0 Å². The third kappa shape index (κ3) is 2.97. The third-order valence-electron chi connectivity index (χ3n) is 2.18. The first-order valence-electron chi connectivity index (χ1n) is 5.05. The lowest BCUT2D eigenvalue weighted by molar-refractivity contribution is -0.384. The second-order valence-corrected chi connectivity index (χ2v) is 3.19. The number of nitro benzene ring substituents is 1. The summed E-state index contributed by atoms with van der Waals surface area (Å²) in [5.74, 6) is 0.340. The average molecular weight is 241 g/mol. The van der Waals surface area contributed by atoms with Crippen LogP contribution in [0.25, 0.3) is 0 Å². The highest BCUT2D eigenvalue weighted by Crippen LogP contribution is 2.35. The summed E-state index contributed by atoms with van der Waals surface area (Å²) in [6.07, 6.45) is 0. The predicted molar refractivity (Wildman–Crippen MR) is 64.8 cm³/mol. The van der Waals surface area contributed by atoms with Gasteiger partial charge >= 0.3 is 0 Å². The van der Waals surface area contributed by atoms with Gasteiger partial charge in [-0.1, -0.05) is 0 Å². The zero-order chi connectivity index (χ0) is 12.8. The Morgan fingerprint density at radius 2 is 2.00 bits per heavy atom. The van der Waals surface area contributed by atoms with Crippen molar-refractivity contribution in [2.45, 2.75) is 0 Å². The molecule has 0 aliphatic carbocycles. The molecule has 3 N–H and O–H groups in total. The van der Waals surface area contributed by atoms with Gasteiger partial charge in [-0.2, -0.15) is 0 Å². The summed E-state index contributed by atoms with van der Waals surface area (Å²) in [6.45, 7) is -0.0601. The summed E-state index contributed by atoms with van der Waals surface area (Å²) in [4.78, 5) is 10.4. The minimum Gasteiger partial charge on any atom is -0.489 e. The van der Waals surface area contributed by atoms with Gasteiger partial charge in [0.1, 0.15) is 18.0 Å². The summed E-state index contributed by atoms with van der Waals surface area (Å²) in [5, 5.41) is 25.1. The summed E-state index contributed by atoms with van der Waals surface area (Å²) in [6, 6.07) is 2.91.